The Morgan fingerprint density at radius 1 is 1.30 bits per heavy atom. The molecule has 0 heterocycles. The van der Waals surface area contributed by atoms with Gasteiger partial charge in [-0.2, -0.15) is 0 Å². The first kappa shape index (κ1) is 15.0. The van der Waals surface area contributed by atoms with Crippen LogP contribution in [0.1, 0.15) is 31.2 Å². The lowest BCUT2D eigenvalue weighted by Crippen LogP contribution is -2.33. The van der Waals surface area contributed by atoms with E-state index in [1.807, 2.05) is 24.3 Å². The van der Waals surface area contributed by atoms with E-state index >= 15 is 0 Å². The average molecular weight is 340 g/mol. The number of amides is 1. The lowest BCUT2D eigenvalue weighted by atomic mass is 10.1. The Hall–Kier alpha value is -1.36. The molecule has 2 atom stereocenters. The van der Waals surface area contributed by atoms with Gasteiger partial charge < -0.3 is 10.4 Å². The molecule has 0 spiro atoms. The quantitative estimate of drug-likeness (QED) is 0.866. The van der Waals surface area contributed by atoms with E-state index in [9.17, 15) is 9.59 Å². The number of aryl methyl sites for hydroxylation is 1. The summed E-state index contributed by atoms with van der Waals surface area (Å²) < 4.78 is 1.01. The van der Waals surface area contributed by atoms with Gasteiger partial charge in [0.15, 0.2) is 0 Å². The SMILES string of the molecule is O=C(CCc1ccccc1Br)N[C@H]1CC[C@@H](C(=O)O)C1. The fraction of sp³-hybridized carbons (Fsp3) is 0.467. The Balaban J connectivity index is 1.77. The summed E-state index contributed by atoms with van der Waals surface area (Å²) in [6.45, 7) is 0. The predicted molar refractivity (Wildman–Crippen MR) is 79.4 cm³/mol. The van der Waals surface area contributed by atoms with Gasteiger partial charge in [-0.25, -0.2) is 0 Å². The van der Waals surface area contributed by atoms with Crippen LogP contribution in [0.4, 0.5) is 0 Å². The number of halogens is 1. The van der Waals surface area contributed by atoms with Crippen molar-refractivity contribution >= 4 is 27.8 Å². The van der Waals surface area contributed by atoms with Crippen molar-refractivity contribution in [2.75, 3.05) is 0 Å². The Labute approximate surface area is 126 Å². The smallest absolute Gasteiger partial charge is 0.306 e. The summed E-state index contributed by atoms with van der Waals surface area (Å²) in [4.78, 5) is 22.7. The molecule has 0 aliphatic heterocycles. The molecule has 2 N–H and O–H groups in total. The van der Waals surface area contributed by atoms with Gasteiger partial charge in [0.05, 0.1) is 5.92 Å². The first-order valence-electron chi connectivity index (χ1n) is 6.82. The van der Waals surface area contributed by atoms with Gasteiger partial charge in [0.2, 0.25) is 5.91 Å². The molecule has 4 nitrogen and oxygen atoms in total. The molecule has 1 aromatic rings. The molecule has 1 aromatic carbocycles. The molecular formula is C15H18BrNO3. The van der Waals surface area contributed by atoms with E-state index in [4.69, 9.17) is 5.11 Å². The van der Waals surface area contributed by atoms with Crippen LogP contribution in [-0.4, -0.2) is 23.0 Å². The van der Waals surface area contributed by atoms with Gasteiger partial charge >= 0.3 is 5.97 Å². The van der Waals surface area contributed by atoms with Crippen molar-refractivity contribution < 1.29 is 14.7 Å². The number of carboxylic acid groups (broad SMARTS) is 1. The van der Waals surface area contributed by atoms with Crippen LogP contribution in [0.25, 0.3) is 0 Å². The molecular weight excluding hydrogens is 322 g/mol. The number of benzene rings is 1. The molecule has 0 unspecified atom stereocenters. The minimum atomic E-state index is -0.755. The van der Waals surface area contributed by atoms with E-state index in [1.165, 1.54) is 0 Å². The molecule has 1 amide bonds. The van der Waals surface area contributed by atoms with E-state index in [2.05, 4.69) is 21.2 Å². The normalized spacial score (nSPS) is 21.6. The molecule has 5 heteroatoms. The molecule has 1 aliphatic carbocycles. The zero-order chi connectivity index (χ0) is 14.5. The number of aliphatic carboxylic acids is 1. The fourth-order valence-electron chi connectivity index (χ4n) is 2.59. The summed E-state index contributed by atoms with van der Waals surface area (Å²) in [7, 11) is 0. The zero-order valence-corrected chi connectivity index (χ0v) is 12.7. The highest BCUT2D eigenvalue weighted by molar-refractivity contribution is 9.10. The number of hydrogen-bond acceptors (Lipinski definition) is 2. The maximum absolute atomic E-state index is 11.9. The van der Waals surface area contributed by atoms with Crippen LogP contribution in [0.5, 0.6) is 0 Å². The van der Waals surface area contributed by atoms with Crippen molar-refractivity contribution in [3.05, 3.63) is 34.3 Å². The van der Waals surface area contributed by atoms with Crippen molar-refractivity contribution in [3.63, 3.8) is 0 Å². The van der Waals surface area contributed by atoms with Crippen LogP contribution in [0.3, 0.4) is 0 Å². The number of nitrogens with one attached hydrogen (secondary N) is 1. The molecule has 0 bridgehead atoms. The van der Waals surface area contributed by atoms with Crippen molar-refractivity contribution in [2.24, 2.45) is 5.92 Å². The van der Waals surface area contributed by atoms with Gasteiger partial charge in [0, 0.05) is 16.9 Å². The van der Waals surface area contributed by atoms with E-state index < -0.39 is 5.97 Å². The maximum Gasteiger partial charge on any atom is 0.306 e. The molecule has 1 fully saturated rings. The van der Waals surface area contributed by atoms with Crippen molar-refractivity contribution in [2.45, 2.75) is 38.1 Å². The lowest BCUT2D eigenvalue weighted by molar-refractivity contribution is -0.141. The van der Waals surface area contributed by atoms with Gasteiger partial charge in [-0.3, -0.25) is 9.59 Å². The first-order chi connectivity index (χ1) is 9.56. The number of hydrogen-bond donors (Lipinski definition) is 2. The molecule has 20 heavy (non-hydrogen) atoms. The van der Waals surface area contributed by atoms with E-state index in [0.29, 0.717) is 25.7 Å². The topological polar surface area (TPSA) is 66.4 Å². The van der Waals surface area contributed by atoms with E-state index in [0.717, 1.165) is 16.5 Å². The second kappa shape index (κ2) is 6.88. The van der Waals surface area contributed by atoms with Gasteiger partial charge in [0.1, 0.15) is 0 Å². The highest BCUT2D eigenvalue weighted by Gasteiger charge is 2.30. The third kappa shape index (κ3) is 4.07. The molecule has 0 aromatic heterocycles. The first-order valence-corrected chi connectivity index (χ1v) is 7.61. The van der Waals surface area contributed by atoms with Crippen LogP contribution >= 0.6 is 15.9 Å². The van der Waals surface area contributed by atoms with E-state index in [1.54, 1.807) is 0 Å². The number of rotatable bonds is 5. The summed E-state index contributed by atoms with van der Waals surface area (Å²) in [6.07, 6.45) is 3.08. The number of carboxylic acids is 1. The average Bonchev–Trinajstić information content (AvgIpc) is 2.86. The van der Waals surface area contributed by atoms with Crippen molar-refractivity contribution in [1.29, 1.82) is 0 Å². The van der Waals surface area contributed by atoms with Gasteiger partial charge in [0.25, 0.3) is 0 Å². The van der Waals surface area contributed by atoms with Crippen molar-refractivity contribution in [1.82, 2.24) is 5.32 Å². The molecule has 108 valence electrons. The van der Waals surface area contributed by atoms with E-state index in [-0.39, 0.29) is 17.9 Å². The highest BCUT2D eigenvalue weighted by Crippen LogP contribution is 2.25. The van der Waals surface area contributed by atoms with Gasteiger partial charge in [-0.05, 0) is 37.3 Å². The molecule has 2 rings (SSSR count). The summed E-state index contributed by atoms with van der Waals surface area (Å²) >= 11 is 3.46. The third-order valence-corrected chi connectivity index (χ3v) is 4.50. The minimum absolute atomic E-state index is 0.00297. The van der Waals surface area contributed by atoms with Crippen LogP contribution in [0.2, 0.25) is 0 Å². The Morgan fingerprint density at radius 2 is 2.05 bits per heavy atom. The summed E-state index contributed by atoms with van der Waals surface area (Å²) in [5.41, 5.74) is 1.11. The Bertz CT molecular complexity index is 504. The number of carbonyl (C=O) groups is 2. The summed E-state index contributed by atoms with van der Waals surface area (Å²) in [5.74, 6) is -1.06. The van der Waals surface area contributed by atoms with Gasteiger partial charge in [-0.1, -0.05) is 34.1 Å². The van der Waals surface area contributed by atoms with Crippen molar-refractivity contribution in [3.8, 4) is 0 Å². The maximum atomic E-state index is 11.9. The molecule has 1 saturated carbocycles. The van der Waals surface area contributed by atoms with Crippen LogP contribution < -0.4 is 5.32 Å². The largest absolute Gasteiger partial charge is 0.481 e. The second-order valence-corrected chi connectivity index (χ2v) is 6.06. The zero-order valence-electron chi connectivity index (χ0n) is 11.1. The monoisotopic (exact) mass is 339 g/mol. The van der Waals surface area contributed by atoms with Gasteiger partial charge in [-0.15, -0.1) is 0 Å². The Kier molecular flexibility index (Phi) is 5.17. The van der Waals surface area contributed by atoms with Crippen LogP contribution in [0.15, 0.2) is 28.7 Å². The predicted octanol–water partition coefficient (Wildman–Crippen LogP) is 2.75. The number of carbonyl (C=O) groups excluding carboxylic acids is 1. The lowest BCUT2D eigenvalue weighted by Gasteiger charge is -2.12. The minimum Gasteiger partial charge on any atom is -0.481 e. The molecule has 0 saturated heterocycles. The standard InChI is InChI=1S/C15H18BrNO3/c16-13-4-2-1-3-10(13)6-8-14(18)17-12-7-5-11(9-12)15(19)20/h1-4,11-12H,5-9H2,(H,17,18)(H,19,20)/t11-,12+/m1/s1. The van der Waals surface area contributed by atoms with Crippen LogP contribution in [-0.2, 0) is 16.0 Å². The van der Waals surface area contributed by atoms with Crippen LogP contribution in [0, 0.1) is 5.92 Å². The summed E-state index contributed by atoms with van der Waals surface area (Å²) in [5, 5.41) is 11.9. The third-order valence-electron chi connectivity index (χ3n) is 3.73. The highest BCUT2D eigenvalue weighted by atomic mass is 79.9. The second-order valence-electron chi connectivity index (χ2n) is 5.20. The molecule has 0 radical (unpaired) electrons. The summed E-state index contributed by atoms with van der Waals surface area (Å²) in [6, 6.07) is 7.86. The Morgan fingerprint density at radius 3 is 2.70 bits per heavy atom. The fourth-order valence-corrected chi connectivity index (χ4v) is 3.07. The molecule has 1 aliphatic rings.